The van der Waals surface area contributed by atoms with Crippen LogP contribution in [0.3, 0.4) is 0 Å². The molecule has 0 aliphatic carbocycles. The summed E-state index contributed by atoms with van der Waals surface area (Å²) >= 11 is 1.58. The van der Waals surface area contributed by atoms with Crippen LogP contribution >= 0.6 is 11.3 Å². The van der Waals surface area contributed by atoms with Gasteiger partial charge >= 0.3 is 0 Å². The molecular formula is C13H18N4OS. The molecule has 0 bridgehead atoms. The summed E-state index contributed by atoms with van der Waals surface area (Å²) in [5.41, 5.74) is 1.05. The largest absolute Gasteiger partial charge is 0.495 e. The maximum Gasteiger partial charge on any atom is 0.205 e. The standard InChI is InChI=1S/C13H18N4OS/c1-4-14-13-16-15-12(19-13)9-17(2)10-7-5-6-8-11(10)18-3/h5-8H,4,9H2,1-3H3,(H,14,16). The minimum absolute atomic E-state index is 0.712. The predicted octanol–water partition coefficient (Wildman–Crippen LogP) is 2.61. The highest BCUT2D eigenvalue weighted by atomic mass is 32.1. The Morgan fingerprint density at radius 1 is 1.32 bits per heavy atom. The van der Waals surface area contributed by atoms with E-state index in [9.17, 15) is 0 Å². The van der Waals surface area contributed by atoms with E-state index < -0.39 is 0 Å². The topological polar surface area (TPSA) is 50.3 Å². The highest BCUT2D eigenvalue weighted by molar-refractivity contribution is 7.15. The number of para-hydroxylation sites is 2. The summed E-state index contributed by atoms with van der Waals surface area (Å²) in [6, 6.07) is 7.95. The van der Waals surface area contributed by atoms with Gasteiger partial charge in [0.2, 0.25) is 5.13 Å². The van der Waals surface area contributed by atoms with E-state index in [1.54, 1.807) is 18.4 Å². The first-order chi connectivity index (χ1) is 9.24. The molecule has 102 valence electrons. The first-order valence-corrected chi connectivity index (χ1v) is 6.96. The average Bonchev–Trinajstić information content (AvgIpc) is 2.86. The molecule has 1 N–H and O–H groups in total. The first kappa shape index (κ1) is 13.6. The summed E-state index contributed by atoms with van der Waals surface area (Å²) in [7, 11) is 3.70. The van der Waals surface area contributed by atoms with Crippen molar-refractivity contribution in [3.8, 4) is 5.75 Å². The molecule has 0 spiro atoms. The van der Waals surface area contributed by atoms with Crippen LogP contribution in [-0.2, 0) is 6.54 Å². The zero-order valence-corrected chi connectivity index (χ0v) is 12.2. The van der Waals surface area contributed by atoms with Crippen molar-refractivity contribution in [2.24, 2.45) is 0 Å². The molecular weight excluding hydrogens is 260 g/mol. The van der Waals surface area contributed by atoms with Crippen LogP contribution in [0.4, 0.5) is 10.8 Å². The van der Waals surface area contributed by atoms with E-state index in [0.717, 1.165) is 28.1 Å². The Morgan fingerprint density at radius 3 is 2.84 bits per heavy atom. The van der Waals surface area contributed by atoms with Crippen molar-refractivity contribution in [2.45, 2.75) is 13.5 Å². The second-order valence-electron chi connectivity index (χ2n) is 4.06. The van der Waals surface area contributed by atoms with Crippen molar-refractivity contribution < 1.29 is 4.74 Å². The lowest BCUT2D eigenvalue weighted by Crippen LogP contribution is -2.16. The van der Waals surface area contributed by atoms with Gasteiger partial charge in [0, 0.05) is 13.6 Å². The number of aromatic nitrogens is 2. The van der Waals surface area contributed by atoms with Crippen molar-refractivity contribution in [3.63, 3.8) is 0 Å². The number of rotatable bonds is 6. The van der Waals surface area contributed by atoms with Crippen molar-refractivity contribution in [2.75, 3.05) is 30.9 Å². The Balaban J connectivity index is 2.09. The molecule has 0 amide bonds. The van der Waals surface area contributed by atoms with Crippen LogP contribution in [0.2, 0.25) is 0 Å². The molecule has 0 saturated carbocycles. The molecule has 0 radical (unpaired) electrons. The third-order valence-electron chi connectivity index (χ3n) is 2.66. The van der Waals surface area contributed by atoms with Crippen molar-refractivity contribution in [3.05, 3.63) is 29.3 Å². The monoisotopic (exact) mass is 278 g/mol. The van der Waals surface area contributed by atoms with Gasteiger partial charge in [0.15, 0.2) is 0 Å². The van der Waals surface area contributed by atoms with Gasteiger partial charge < -0.3 is 15.0 Å². The van der Waals surface area contributed by atoms with E-state index in [0.29, 0.717) is 6.54 Å². The van der Waals surface area contributed by atoms with E-state index in [-0.39, 0.29) is 0 Å². The summed E-state index contributed by atoms with van der Waals surface area (Å²) in [6.45, 7) is 3.61. The number of anilines is 2. The molecule has 1 aromatic heterocycles. The van der Waals surface area contributed by atoms with Crippen molar-refractivity contribution in [1.82, 2.24) is 10.2 Å². The lowest BCUT2D eigenvalue weighted by Gasteiger charge is -2.20. The Hall–Kier alpha value is -1.82. The van der Waals surface area contributed by atoms with E-state index >= 15 is 0 Å². The predicted molar refractivity (Wildman–Crippen MR) is 79.2 cm³/mol. The molecule has 0 aliphatic heterocycles. The molecule has 1 aromatic carbocycles. The van der Waals surface area contributed by atoms with Gasteiger partial charge in [0.1, 0.15) is 10.8 Å². The molecule has 2 aromatic rings. The van der Waals surface area contributed by atoms with Gasteiger partial charge in [-0.15, -0.1) is 10.2 Å². The third-order valence-corrected chi connectivity index (χ3v) is 3.53. The zero-order valence-electron chi connectivity index (χ0n) is 11.4. The number of nitrogens with zero attached hydrogens (tertiary/aromatic N) is 3. The molecule has 5 nitrogen and oxygen atoms in total. The summed E-state index contributed by atoms with van der Waals surface area (Å²) in [6.07, 6.45) is 0. The maximum absolute atomic E-state index is 5.36. The van der Waals surface area contributed by atoms with Crippen LogP contribution in [-0.4, -0.2) is 30.9 Å². The normalized spacial score (nSPS) is 10.3. The lowest BCUT2D eigenvalue weighted by atomic mass is 10.2. The summed E-state index contributed by atoms with van der Waals surface area (Å²) < 4.78 is 5.36. The van der Waals surface area contributed by atoms with Crippen molar-refractivity contribution >= 4 is 22.2 Å². The molecule has 1 heterocycles. The minimum atomic E-state index is 0.712. The Bertz CT molecular complexity index is 529. The molecule has 0 fully saturated rings. The summed E-state index contributed by atoms with van der Waals surface area (Å²) in [4.78, 5) is 2.11. The van der Waals surface area contributed by atoms with E-state index in [2.05, 4.69) is 20.4 Å². The fourth-order valence-electron chi connectivity index (χ4n) is 1.77. The van der Waals surface area contributed by atoms with Gasteiger partial charge in [-0.3, -0.25) is 0 Å². The van der Waals surface area contributed by atoms with Crippen LogP contribution < -0.4 is 15.0 Å². The molecule has 19 heavy (non-hydrogen) atoms. The van der Waals surface area contributed by atoms with E-state index in [4.69, 9.17) is 4.74 Å². The van der Waals surface area contributed by atoms with Gasteiger partial charge in [-0.25, -0.2) is 0 Å². The number of methoxy groups -OCH3 is 1. The number of nitrogens with one attached hydrogen (secondary N) is 1. The lowest BCUT2D eigenvalue weighted by molar-refractivity contribution is 0.415. The van der Waals surface area contributed by atoms with Crippen LogP contribution in [0.15, 0.2) is 24.3 Å². The SMILES string of the molecule is CCNc1nnc(CN(C)c2ccccc2OC)s1. The van der Waals surface area contributed by atoms with Crippen LogP contribution in [0.25, 0.3) is 0 Å². The molecule has 0 atom stereocenters. The zero-order chi connectivity index (χ0) is 13.7. The van der Waals surface area contributed by atoms with Gasteiger partial charge in [-0.05, 0) is 19.1 Å². The Morgan fingerprint density at radius 2 is 2.11 bits per heavy atom. The third kappa shape index (κ3) is 3.35. The molecule has 0 aliphatic rings. The second kappa shape index (κ2) is 6.38. The molecule has 2 rings (SSSR count). The highest BCUT2D eigenvalue weighted by Gasteiger charge is 2.10. The fraction of sp³-hybridized carbons (Fsp3) is 0.385. The van der Waals surface area contributed by atoms with Crippen LogP contribution in [0, 0.1) is 0 Å². The smallest absolute Gasteiger partial charge is 0.205 e. The maximum atomic E-state index is 5.36. The summed E-state index contributed by atoms with van der Waals surface area (Å²) in [5, 5.41) is 13.3. The molecule has 6 heteroatoms. The van der Waals surface area contributed by atoms with E-state index in [1.165, 1.54) is 0 Å². The highest BCUT2D eigenvalue weighted by Crippen LogP contribution is 2.28. The number of hydrogen-bond acceptors (Lipinski definition) is 6. The first-order valence-electron chi connectivity index (χ1n) is 6.15. The number of benzene rings is 1. The fourth-order valence-corrected chi connectivity index (χ4v) is 2.63. The van der Waals surface area contributed by atoms with Gasteiger partial charge in [-0.1, -0.05) is 23.5 Å². The second-order valence-corrected chi connectivity index (χ2v) is 5.12. The Kier molecular flexibility index (Phi) is 4.57. The van der Waals surface area contributed by atoms with Gasteiger partial charge in [0.25, 0.3) is 0 Å². The van der Waals surface area contributed by atoms with Gasteiger partial charge in [-0.2, -0.15) is 0 Å². The molecule has 0 unspecified atom stereocenters. The van der Waals surface area contributed by atoms with Crippen LogP contribution in [0.5, 0.6) is 5.75 Å². The quantitative estimate of drug-likeness (QED) is 0.880. The molecule has 0 saturated heterocycles. The van der Waals surface area contributed by atoms with E-state index in [1.807, 2.05) is 38.2 Å². The Labute approximate surface area is 117 Å². The van der Waals surface area contributed by atoms with Gasteiger partial charge in [0.05, 0.1) is 19.3 Å². The number of ether oxygens (including phenoxy) is 1. The summed E-state index contributed by atoms with van der Waals surface area (Å²) in [5.74, 6) is 0.862. The van der Waals surface area contributed by atoms with Crippen LogP contribution in [0.1, 0.15) is 11.9 Å². The minimum Gasteiger partial charge on any atom is -0.495 e. The van der Waals surface area contributed by atoms with Crippen molar-refractivity contribution in [1.29, 1.82) is 0 Å². The average molecular weight is 278 g/mol. The number of hydrogen-bond donors (Lipinski definition) is 1.